The molecule has 0 amide bonds. The maximum absolute atomic E-state index is 3.32. The van der Waals surface area contributed by atoms with Crippen molar-refractivity contribution in [1.29, 1.82) is 0 Å². The van der Waals surface area contributed by atoms with E-state index in [0.717, 1.165) is 6.42 Å². The van der Waals surface area contributed by atoms with Crippen LogP contribution in [0.4, 0.5) is 0 Å². The first kappa shape index (κ1) is 8.31. The van der Waals surface area contributed by atoms with Crippen molar-refractivity contribution in [3.8, 4) is 0 Å². The van der Waals surface area contributed by atoms with Gasteiger partial charge in [-0.1, -0.05) is 0 Å². The van der Waals surface area contributed by atoms with Gasteiger partial charge in [-0.05, 0) is 13.8 Å². The lowest BCUT2D eigenvalue weighted by Gasteiger charge is -2.27. The summed E-state index contributed by atoms with van der Waals surface area (Å²) >= 11 is 0. The quantitative estimate of drug-likeness (QED) is 0.513. The van der Waals surface area contributed by atoms with Gasteiger partial charge >= 0.3 is 0 Å². The molecule has 2 nitrogen and oxygen atoms in total. The van der Waals surface area contributed by atoms with Crippen LogP contribution in [0.15, 0.2) is 12.3 Å². The standard InChI is InChI=1S/C9H16N2/c1-9(2)7-8(11(3)4)5-6-10-9/h5-6H,7H2,1-4H3/p+1. The summed E-state index contributed by atoms with van der Waals surface area (Å²) in [5.41, 5.74) is 1.60. The Bertz CT molecular complexity index is 208. The first-order valence-corrected chi connectivity index (χ1v) is 3.99. The average molecular weight is 153 g/mol. The molecule has 1 aliphatic heterocycles. The van der Waals surface area contributed by atoms with Crippen molar-refractivity contribution in [3.05, 3.63) is 12.3 Å². The van der Waals surface area contributed by atoms with Crippen LogP contribution in [0.25, 0.3) is 0 Å². The zero-order chi connectivity index (χ0) is 8.48. The predicted molar refractivity (Wildman–Crippen MR) is 48.1 cm³/mol. The molecule has 0 aromatic heterocycles. The lowest BCUT2D eigenvalue weighted by molar-refractivity contribution is -0.465. The van der Waals surface area contributed by atoms with Crippen molar-refractivity contribution in [2.24, 2.45) is 0 Å². The van der Waals surface area contributed by atoms with Crippen molar-refractivity contribution >= 4 is 5.71 Å². The molecule has 0 aromatic rings. The maximum atomic E-state index is 3.32. The molecule has 1 heterocycles. The third-order valence-electron chi connectivity index (χ3n) is 1.95. The third-order valence-corrected chi connectivity index (χ3v) is 1.95. The summed E-state index contributed by atoms with van der Waals surface area (Å²) < 4.78 is 2.17. The van der Waals surface area contributed by atoms with Crippen LogP contribution in [0.1, 0.15) is 20.3 Å². The van der Waals surface area contributed by atoms with Crippen molar-refractivity contribution in [2.45, 2.75) is 25.8 Å². The van der Waals surface area contributed by atoms with Gasteiger partial charge in [-0.25, -0.2) is 4.58 Å². The van der Waals surface area contributed by atoms with E-state index in [1.54, 1.807) is 0 Å². The van der Waals surface area contributed by atoms with E-state index in [-0.39, 0.29) is 5.54 Å². The van der Waals surface area contributed by atoms with E-state index in [2.05, 4.69) is 43.9 Å². The minimum atomic E-state index is 0.217. The van der Waals surface area contributed by atoms with E-state index >= 15 is 0 Å². The summed E-state index contributed by atoms with van der Waals surface area (Å²) in [6, 6.07) is 0. The highest BCUT2D eigenvalue weighted by atomic mass is 15.0. The van der Waals surface area contributed by atoms with Crippen LogP contribution in [0.2, 0.25) is 0 Å². The van der Waals surface area contributed by atoms with Crippen molar-refractivity contribution in [1.82, 2.24) is 5.32 Å². The summed E-state index contributed by atoms with van der Waals surface area (Å²) in [6.07, 6.45) is 5.25. The van der Waals surface area contributed by atoms with E-state index in [9.17, 15) is 0 Å². The lowest BCUT2D eigenvalue weighted by atomic mass is 9.94. The molecule has 1 N–H and O–H groups in total. The highest BCUT2D eigenvalue weighted by molar-refractivity contribution is 5.92. The number of hydrogen-bond acceptors (Lipinski definition) is 1. The molecule has 2 heteroatoms. The monoisotopic (exact) mass is 153 g/mol. The van der Waals surface area contributed by atoms with Gasteiger partial charge in [0.15, 0.2) is 5.71 Å². The van der Waals surface area contributed by atoms with Crippen molar-refractivity contribution in [2.75, 3.05) is 14.1 Å². The molecule has 0 aliphatic carbocycles. The fourth-order valence-electron chi connectivity index (χ4n) is 1.23. The van der Waals surface area contributed by atoms with Crippen LogP contribution in [0, 0.1) is 0 Å². The Hall–Kier alpha value is -0.790. The Labute approximate surface area is 68.6 Å². The summed E-state index contributed by atoms with van der Waals surface area (Å²) in [7, 11) is 4.17. The highest BCUT2D eigenvalue weighted by Gasteiger charge is 2.24. The molecule has 0 bridgehead atoms. The first-order chi connectivity index (χ1) is 5.01. The lowest BCUT2D eigenvalue weighted by Crippen LogP contribution is -2.41. The van der Waals surface area contributed by atoms with Crippen molar-refractivity contribution < 1.29 is 4.58 Å². The molecule has 1 aliphatic rings. The van der Waals surface area contributed by atoms with Gasteiger partial charge in [0.2, 0.25) is 0 Å². The number of allylic oxidation sites excluding steroid dienone is 1. The summed E-state index contributed by atoms with van der Waals surface area (Å²) in [4.78, 5) is 0. The van der Waals surface area contributed by atoms with Gasteiger partial charge in [0.1, 0.15) is 14.1 Å². The van der Waals surface area contributed by atoms with E-state index in [4.69, 9.17) is 0 Å². The smallest absolute Gasteiger partial charge is 0.179 e. The van der Waals surface area contributed by atoms with Gasteiger partial charge in [-0.2, -0.15) is 0 Å². The highest BCUT2D eigenvalue weighted by Crippen LogP contribution is 2.13. The number of rotatable bonds is 0. The Balaban J connectivity index is 2.84. The minimum Gasteiger partial charge on any atom is -0.385 e. The molecule has 0 saturated carbocycles. The van der Waals surface area contributed by atoms with E-state index < -0.39 is 0 Å². The summed E-state index contributed by atoms with van der Waals surface area (Å²) in [5.74, 6) is 0. The normalized spacial score (nSPS) is 21.3. The fourth-order valence-corrected chi connectivity index (χ4v) is 1.23. The largest absolute Gasteiger partial charge is 0.385 e. The van der Waals surface area contributed by atoms with Crippen LogP contribution in [0.3, 0.4) is 0 Å². The van der Waals surface area contributed by atoms with Crippen LogP contribution in [0.5, 0.6) is 0 Å². The Kier molecular flexibility index (Phi) is 2.03. The molecular weight excluding hydrogens is 136 g/mol. The van der Waals surface area contributed by atoms with Crippen LogP contribution in [-0.2, 0) is 0 Å². The zero-order valence-electron chi connectivity index (χ0n) is 7.81. The molecule has 0 spiro atoms. The third kappa shape index (κ3) is 2.07. The van der Waals surface area contributed by atoms with E-state index in [1.807, 2.05) is 6.20 Å². The molecule has 0 atom stereocenters. The molecule has 62 valence electrons. The van der Waals surface area contributed by atoms with E-state index in [0.29, 0.717) is 0 Å². The number of nitrogens with one attached hydrogen (secondary N) is 1. The summed E-state index contributed by atoms with van der Waals surface area (Å²) in [5, 5.41) is 3.32. The molecule has 0 saturated heterocycles. The Morgan fingerprint density at radius 1 is 1.45 bits per heavy atom. The number of hydrogen-bond donors (Lipinski definition) is 1. The first-order valence-electron chi connectivity index (χ1n) is 3.99. The Morgan fingerprint density at radius 2 is 2.09 bits per heavy atom. The van der Waals surface area contributed by atoms with Crippen LogP contribution in [-0.4, -0.2) is 29.9 Å². The SMILES string of the molecule is C[N+](C)=C1C=CNC(C)(C)C1. The fraction of sp³-hybridized carbons (Fsp3) is 0.667. The van der Waals surface area contributed by atoms with Gasteiger partial charge in [0, 0.05) is 17.8 Å². The minimum absolute atomic E-state index is 0.217. The van der Waals surface area contributed by atoms with E-state index in [1.165, 1.54) is 5.71 Å². The van der Waals surface area contributed by atoms with Crippen LogP contribution >= 0.6 is 0 Å². The van der Waals surface area contributed by atoms with Crippen LogP contribution < -0.4 is 5.32 Å². The van der Waals surface area contributed by atoms with Crippen molar-refractivity contribution in [3.63, 3.8) is 0 Å². The molecule has 1 rings (SSSR count). The summed E-state index contributed by atoms with van der Waals surface area (Å²) in [6.45, 7) is 4.42. The molecule has 0 aromatic carbocycles. The molecule has 0 fully saturated rings. The second kappa shape index (κ2) is 2.68. The van der Waals surface area contributed by atoms with Gasteiger partial charge in [0.05, 0.1) is 6.42 Å². The van der Waals surface area contributed by atoms with Gasteiger partial charge in [-0.3, -0.25) is 0 Å². The van der Waals surface area contributed by atoms with Gasteiger partial charge < -0.3 is 5.32 Å². The molecule has 0 unspecified atom stereocenters. The molecule has 0 radical (unpaired) electrons. The maximum Gasteiger partial charge on any atom is 0.179 e. The van der Waals surface area contributed by atoms with Gasteiger partial charge in [0.25, 0.3) is 0 Å². The predicted octanol–water partition coefficient (Wildman–Crippen LogP) is 0.985. The zero-order valence-corrected chi connectivity index (χ0v) is 7.81. The number of nitrogens with zero attached hydrogens (tertiary/aromatic N) is 1. The molecular formula is C9H17N2+. The van der Waals surface area contributed by atoms with Gasteiger partial charge in [-0.15, -0.1) is 0 Å². The topological polar surface area (TPSA) is 15.0 Å². The Morgan fingerprint density at radius 3 is 2.45 bits per heavy atom. The average Bonchev–Trinajstić information content (AvgIpc) is 1.85. The second-order valence-corrected chi connectivity index (χ2v) is 3.92. The molecule has 11 heavy (non-hydrogen) atoms. The second-order valence-electron chi connectivity index (χ2n) is 3.92.